The van der Waals surface area contributed by atoms with Crippen LogP contribution >= 0.6 is 31.9 Å². The predicted molar refractivity (Wildman–Crippen MR) is 89.7 cm³/mol. The monoisotopic (exact) mass is 414 g/mol. The van der Waals surface area contributed by atoms with Crippen molar-refractivity contribution in [2.75, 3.05) is 14.2 Å². The van der Waals surface area contributed by atoms with Crippen LogP contribution in [0.25, 0.3) is 0 Å². The molecule has 0 saturated heterocycles. The standard InChI is InChI=1S/C15H16Br2N2O2/c1-18-8-10-6-12(16)15(13(17)7-10)21-9-11-4-3-5-14(19-11)20-2/h3-7,18H,8-9H2,1-2H3. The van der Waals surface area contributed by atoms with Gasteiger partial charge in [-0.2, -0.15) is 0 Å². The first kappa shape index (κ1) is 16.3. The maximum Gasteiger partial charge on any atom is 0.213 e. The smallest absolute Gasteiger partial charge is 0.213 e. The van der Waals surface area contributed by atoms with Crippen molar-refractivity contribution in [3.8, 4) is 11.6 Å². The van der Waals surface area contributed by atoms with Crippen LogP contribution in [-0.2, 0) is 13.2 Å². The minimum Gasteiger partial charge on any atom is -0.485 e. The highest BCUT2D eigenvalue weighted by Gasteiger charge is 2.10. The molecule has 1 N–H and O–H groups in total. The molecule has 0 spiro atoms. The van der Waals surface area contributed by atoms with Crippen LogP contribution in [0, 0.1) is 0 Å². The lowest BCUT2D eigenvalue weighted by Crippen LogP contribution is -2.06. The lowest BCUT2D eigenvalue weighted by atomic mass is 10.2. The van der Waals surface area contributed by atoms with E-state index in [9.17, 15) is 0 Å². The van der Waals surface area contributed by atoms with E-state index in [2.05, 4.69) is 42.2 Å². The quantitative estimate of drug-likeness (QED) is 0.776. The van der Waals surface area contributed by atoms with Gasteiger partial charge in [-0.1, -0.05) is 6.07 Å². The summed E-state index contributed by atoms with van der Waals surface area (Å²) in [7, 11) is 3.52. The molecule has 0 aliphatic rings. The molecule has 0 amide bonds. The van der Waals surface area contributed by atoms with Crippen LogP contribution in [0.5, 0.6) is 11.6 Å². The van der Waals surface area contributed by atoms with Crippen LogP contribution in [0.4, 0.5) is 0 Å². The molecule has 6 heteroatoms. The number of pyridine rings is 1. The van der Waals surface area contributed by atoms with Crippen LogP contribution in [0.3, 0.4) is 0 Å². The second kappa shape index (κ2) is 7.77. The van der Waals surface area contributed by atoms with Gasteiger partial charge in [-0.05, 0) is 62.7 Å². The van der Waals surface area contributed by atoms with E-state index < -0.39 is 0 Å². The second-order valence-electron chi connectivity index (χ2n) is 4.38. The minimum atomic E-state index is 0.375. The first-order valence-electron chi connectivity index (χ1n) is 6.39. The Hall–Kier alpha value is -1.11. The third-order valence-electron chi connectivity index (χ3n) is 2.79. The van der Waals surface area contributed by atoms with Crippen LogP contribution in [0.2, 0.25) is 0 Å². The van der Waals surface area contributed by atoms with Gasteiger partial charge >= 0.3 is 0 Å². The van der Waals surface area contributed by atoms with Gasteiger partial charge in [-0.25, -0.2) is 4.98 Å². The van der Waals surface area contributed by atoms with Gasteiger partial charge in [-0.3, -0.25) is 0 Å². The lowest BCUT2D eigenvalue weighted by Gasteiger charge is -2.12. The number of methoxy groups -OCH3 is 1. The van der Waals surface area contributed by atoms with E-state index in [1.165, 1.54) is 5.56 Å². The summed E-state index contributed by atoms with van der Waals surface area (Å²) in [6.45, 7) is 1.18. The zero-order valence-electron chi connectivity index (χ0n) is 11.8. The van der Waals surface area contributed by atoms with Crippen molar-refractivity contribution in [1.82, 2.24) is 10.3 Å². The van der Waals surface area contributed by atoms with Crippen molar-refractivity contribution in [3.63, 3.8) is 0 Å². The SMILES string of the molecule is CNCc1cc(Br)c(OCc2cccc(OC)n2)c(Br)c1. The number of aromatic nitrogens is 1. The van der Waals surface area contributed by atoms with Crippen molar-refractivity contribution in [3.05, 3.63) is 50.5 Å². The molecular weight excluding hydrogens is 400 g/mol. The maximum absolute atomic E-state index is 5.85. The minimum absolute atomic E-state index is 0.375. The van der Waals surface area contributed by atoms with Crippen LogP contribution in [-0.4, -0.2) is 19.1 Å². The molecule has 0 aliphatic heterocycles. The zero-order valence-corrected chi connectivity index (χ0v) is 15.0. The first-order chi connectivity index (χ1) is 10.1. The van der Waals surface area contributed by atoms with E-state index in [0.717, 1.165) is 26.9 Å². The van der Waals surface area contributed by atoms with E-state index >= 15 is 0 Å². The molecule has 0 aliphatic carbocycles. The molecule has 0 bridgehead atoms. The van der Waals surface area contributed by atoms with Gasteiger partial charge in [0.15, 0.2) is 0 Å². The first-order valence-corrected chi connectivity index (χ1v) is 7.98. The topological polar surface area (TPSA) is 43.4 Å². The zero-order chi connectivity index (χ0) is 15.2. The molecule has 0 saturated carbocycles. The molecule has 1 aromatic carbocycles. The second-order valence-corrected chi connectivity index (χ2v) is 6.09. The van der Waals surface area contributed by atoms with Gasteiger partial charge in [0.1, 0.15) is 12.4 Å². The molecule has 4 nitrogen and oxygen atoms in total. The molecule has 0 atom stereocenters. The summed E-state index contributed by atoms with van der Waals surface area (Å²) < 4.78 is 12.8. The van der Waals surface area contributed by atoms with E-state index in [-0.39, 0.29) is 0 Å². The Morgan fingerprint density at radius 3 is 2.52 bits per heavy atom. The molecule has 2 aromatic rings. The van der Waals surface area contributed by atoms with Crippen molar-refractivity contribution < 1.29 is 9.47 Å². The highest BCUT2D eigenvalue weighted by molar-refractivity contribution is 9.11. The molecule has 1 aromatic heterocycles. The number of nitrogens with zero attached hydrogens (tertiary/aromatic N) is 1. The van der Waals surface area contributed by atoms with Gasteiger partial charge in [0, 0.05) is 12.6 Å². The van der Waals surface area contributed by atoms with Gasteiger partial charge in [0.05, 0.1) is 21.7 Å². The average molecular weight is 416 g/mol. The number of rotatable bonds is 6. The Balaban J connectivity index is 2.12. The van der Waals surface area contributed by atoms with Crippen LogP contribution in [0.1, 0.15) is 11.3 Å². The number of hydrogen-bond acceptors (Lipinski definition) is 4. The number of ether oxygens (including phenoxy) is 2. The predicted octanol–water partition coefficient (Wildman–Crippen LogP) is 3.91. The van der Waals surface area contributed by atoms with E-state index in [4.69, 9.17) is 9.47 Å². The molecular formula is C15H16Br2N2O2. The number of hydrogen-bond donors (Lipinski definition) is 1. The van der Waals surface area contributed by atoms with Gasteiger partial charge in [0.25, 0.3) is 0 Å². The van der Waals surface area contributed by atoms with E-state index in [0.29, 0.717) is 12.5 Å². The number of nitrogens with one attached hydrogen (secondary N) is 1. The Labute approximate surface area is 141 Å². The van der Waals surface area contributed by atoms with Crippen molar-refractivity contribution >= 4 is 31.9 Å². The summed E-state index contributed by atoms with van der Waals surface area (Å²) in [5, 5.41) is 3.12. The van der Waals surface area contributed by atoms with E-state index in [1.54, 1.807) is 7.11 Å². The van der Waals surface area contributed by atoms with Crippen molar-refractivity contribution in [2.45, 2.75) is 13.2 Å². The number of benzene rings is 1. The van der Waals surface area contributed by atoms with Gasteiger partial charge in [0.2, 0.25) is 5.88 Å². The molecule has 0 fully saturated rings. The third-order valence-corrected chi connectivity index (χ3v) is 3.97. The normalized spacial score (nSPS) is 10.5. The molecule has 21 heavy (non-hydrogen) atoms. The summed E-state index contributed by atoms with van der Waals surface area (Å²) in [5.41, 5.74) is 1.98. The van der Waals surface area contributed by atoms with Gasteiger partial charge < -0.3 is 14.8 Å². The molecule has 2 rings (SSSR count). The Kier molecular flexibility index (Phi) is 6.02. The fourth-order valence-electron chi connectivity index (χ4n) is 1.85. The summed E-state index contributed by atoms with van der Waals surface area (Å²) in [4.78, 5) is 4.32. The average Bonchev–Trinajstić information content (AvgIpc) is 2.47. The van der Waals surface area contributed by atoms with Crippen molar-refractivity contribution in [2.24, 2.45) is 0 Å². The molecule has 1 heterocycles. The molecule has 0 radical (unpaired) electrons. The fourth-order valence-corrected chi connectivity index (χ4v) is 3.36. The Morgan fingerprint density at radius 2 is 1.90 bits per heavy atom. The number of halogens is 2. The largest absolute Gasteiger partial charge is 0.485 e. The maximum atomic E-state index is 5.85. The highest BCUT2D eigenvalue weighted by atomic mass is 79.9. The summed E-state index contributed by atoms with van der Waals surface area (Å²) in [6.07, 6.45) is 0. The summed E-state index contributed by atoms with van der Waals surface area (Å²) in [5.74, 6) is 1.35. The van der Waals surface area contributed by atoms with Crippen LogP contribution in [0.15, 0.2) is 39.3 Å². The molecule has 0 unspecified atom stereocenters. The summed E-state index contributed by atoms with van der Waals surface area (Å²) >= 11 is 7.08. The molecule has 112 valence electrons. The Bertz CT molecular complexity index is 597. The van der Waals surface area contributed by atoms with Gasteiger partial charge in [-0.15, -0.1) is 0 Å². The van der Waals surface area contributed by atoms with Crippen LogP contribution < -0.4 is 14.8 Å². The summed E-state index contributed by atoms with van der Waals surface area (Å²) in [6, 6.07) is 9.68. The highest BCUT2D eigenvalue weighted by Crippen LogP contribution is 2.35. The van der Waals surface area contributed by atoms with Crippen molar-refractivity contribution in [1.29, 1.82) is 0 Å². The fraction of sp³-hybridized carbons (Fsp3) is 0.267. The Morgan fingerprint density at radius 1 is 1.19 bits per heavy atom. The lowest BCUT2D eigenvalue weighted by molar-refractivity contribution is 0.294. The third kappa shape index (κ3) is 4.43. The van der Waals surface area contributed by atoms with E-state index in [1.807, 2.05) is 37.4 Å².